The molecule has 1 N–H and O–H groups in total. The number of rotatable bonds is 8. The molecule has 0 saturated heterocycles. The SMILES string of the molecule is CC[C@@H](C)c1ccccc1NC(=O)[C@@H](C)Sc1nnc(-c2ccc(OC)cc2)n1C. The summed E-state index contributed by atoms with van der Waals surface area (Å²) in [6.45, 7) is 6.20. The molecule has 2 aromatic carbocycles. The molecular weight excluding hydrogens is 396 g/mol. The second-order valence-corrected chi connectivity index (χ2v) is 8.55. The summed E-state index contributed by atoms with van der Waals surface area (Å²) in [5.41, 5.74) is 2.98. The van der Waals surface area contributed by atoms with Crippen molar-refractivity contribution in [3.05, 3.63) is 54.1 Å². The maximum absolute atomic E-state index is 12.8. The maximum atomic E-state index is 12.8. The van der Waals surface area contributed by atoms with Crippen LogP contribution in [0.5, 0.6) is 5.75 Å². The van der Waals surface area contributed by atoms with Crippen molar-refractivity contribution in [1.29, 1.82) is 0 Å². The minimum absolute atomic E-state index is 0.0512. The van der Waals surface area contributed by atoms with E-state index in [9.17, 15) is 4.79 Å². The highest BCUT2D eigenvalue weighted by Crippen LogP contribution is 2.29. The van der Waals surface area contributed by atoms with Crippen LogP contribution in [-0.4, -0.2) is 33.0 Å². The van der Waals surface area contributed by atoms with Gasteiger partial charge in [0, 0.05) is 18.3 Å². The van der Waals surface area contributed by atoms with Crippen LogP contribution in [0.2, 0.25) is 0 Å². The lowest BCUT2D eigenvalue weighted by atomic mass is 9.97. The van der Waals surface area contributed by atoms with Crippen molar-refractivity contribution in [3.8, 4) is 17.1 Å². The first kappa shape index (κ1) is 21.9. The predicted molar refractivity (Wildman–Crippen MR) is 122 cm³/mol. The molecule has 0 spiro atoms. The molecule has 0 aliphatic rings. The molecule has 7 heteroatoms. The Hall–Kier alpha value is -2.80. The zero-order valence-corrected chi connectivity index (χ0v) is 18.9. The molecule has 3 aromatic rings. The molecule has 0 aliphatic heterocycles. The number of hydrogen-bond donors (Lipinski definition) is 1. The standard InChI is InChI=1S/C23H28N4O2S/c1-6-15(2)19-9-7-8-10-20(19)24-22(28)16(3)30-23-26-25-21(27(23)4)17-11-13-18(29-5)14-12-17/h7-16H,6H2,1-5H3,(H,24,28)/t15-,16-/m1/s1. The lowest BCUT2D eigenvalue weighted by Crippen LogP contribution is -2.23. The van der Waals surface area contributed by atoms with E-state index in [1.807, 2.05) is 61.0 Å². The second kappa shape index (κ2) is 9.80. The number of para-hydroxylation sites is 1. The summed E-state index contributed by atoms with van der Waals surface area (Å²) in [5.74, 6) is 1.87. The summed E-state index contributed by atoms with van der Waals surface area (Å²) in [6.07, 6.45) is 1.02. The van der Waals surface area contributed by atoms with Crippen molar-refractivity contribution in [2.45, 2.75) is 43.5 Å². The van der Waals surface area contributed by atoms with Gasteiger partial charge in [-0.1, -0.05) is 43.8 Å². The fourth-order valence-electron chi connectivity index (χ4n) is 3.12. The Morgan fingerprint density at radius 1 is 1.13 bits per heavy atom. The van der Waals surface area contributed by atoms with Gasteiger partial charge in [-0.05, 0) is 55.2 Å². The number of methoxy groups -OCH3 is 1. The number of benzene rings is 2. The molecule has 1 heterocycles. The van der Waals surface area contributed by atoms with Crippen molar-refractivity contribution < 1.29 is 9.53 Å². The number of anilines is 1. The largest absolute Gasteiger partial charge is 0.497 e. The normalized spacial score (nSPS) is 13.0. The number of carbonyl (C=O) groups is 1. The summed E-state index contributed by atoms with van der Waals surface area (Å²) in [6, 6.07) is 15.7. The van der Waals surface area contributed by atoms with E-state index in [0.717, 1.165) is 34.8 Å². The van der Waals surface area contributed by atoms with E-state index in [4.69, 9.17) is 4.74 Å². The quantitative estimate of drug-likeness (QED) is 0.508. The van der Waals surface area contributed by atoms with Gasteiger partial charge in [-0.15, -0.1) is 10.2 Å². The van der Waals surface area contributed by atoms with E-state index < -0.39 is 0 Å². The molecule has 0 saturated carbocycles. The Labute approximate surface area is 182 Å². The molecule has 6 nitrogen and oxygen atoms in total. The summed E-state index contributed by atoms with van der Waals surface area (Å²) in [5, 5.41) is 12.1. The molecule has 1 amide bonds. The minimum atomic E-state index is -0.318. The lowest BCUT2D eigenvalue weighted by molar-refractivity contribution is -0.115. The summed E-state index contributed by atoms with van der Waals surface area (Å²) in [7, 11) is 3.55. The van der Waals surface area contributed by atoms with E-state index >= 15 is 0 Å². The van der Waals surface area contributed by atoms with Crippen LogP contribution in [0.4, 0.5) is 5.69 Å². The number of ether oxygens (including phenoxy) is 1. The number of hydrogen-bond acceptors (Lipinski definition) is 5. The van der Waals surface area contributed by atoms with E-state index in [0.29, 0.717) is 11.1 Å². The zero-order valence-electron chi connectivity index (χ0n) is 18.0. The highest BCUT2D eigenvalue weighted by Gasteiger charge is 2.21. The number of amides is 1. The second-order valence-electron chi connectivity index (χ2n) is 7.24. The van der Waals surface area contributed by atoms with Crippen LogP contribution in [-0.2, 0) is 11.8 Å². The smallest absolute Gasteiger partial charge is 0.237 e. The third-order valence-corrected chi connectivity index (χ3v) is 6.33. The van der Waals surface area contributed by atoms with Gasteiger partial charge in [-0.2, -0.15) is 0 Å². The van der Waals surface area contributed by atoms with Crippen molar-refractivity contribution in [3.63, 3.8) is 0 Å². The van der Waals surface area contributed by atoms with E-state index in [-0.39, 0.29) is 11.2 Å². The fraction of sp³-hybridized carbons (Fsp3) is 0.348. The van der Waals surface area contributed by atoms with Crippen molar-refractivity contribution in [1.82, 2.24) is 14.8 Å². The Bertz CT molecular complexity index is 1000. The average molecular weight is 425 g/mol. The summed E-state index contributed by atoms with van der Waals surface area (Å²) < 4.78 is 7.11. The van der Waals surface area contributed by atoms with Gasteiger partial charge in [-0.25, -0.2) is 0 Å². The molecule has 0 unspecified atom stereocenters. The van der Waals surface area contributed by atoms with Gasteiger partial charge >= 0.3 is 0 Å². The monoisotopic (exact) mass is 424 g/mol. The molecule has 30 heavy (non-hydrogen) atoms. The minimum Gasteiger partial charge on any atom is -0.497 e. The molecule has 1 aromatic heterocycles. The third-order valence-electron chi connectivity index (χ3n) is 5.20. The Morgan fingerprint density at radius 3 is 2.50 bits per heavy atom. The number of nitrogens with zero attached hydrogens (tertiary/aromatic N) is 3. The van der Waals surface area contributed by atoms with Gasteiger partial charge in [-0.3, -0.25) is 4.79 Å². The van der Waals surface area contributed by atoms with Gasteiger partial charge in [0.05, 0.1) is 12.4 Å². The van der Waals surface area contributed by atoms with Crippen LogP contribution in [0.25, 0.3) is 11.4 Å². The maximum Gasteiger partial charge on any atom is 0.237 e. The van der Waals surface area contributed by atoms with Crippen LogP contribution < -0.4 is 10.1 Å². The van der Waals surface area contributed by atoms with Crippen LogP contribution in [0.15, 0.2) is 53.7 Å². The van der Waals surface area contributed by atoms with Gasteiger partial charge in [0.1, 0.15) is 5.75 Å². The van der Waals surface area contributed by atoms with Crippen molar-refractivity contribution in [2.75, 3.05) is 12.4 Å². The molecule has 3 rings (SSSR count). The number of aromatic nitrogens is 3. The van der Waals surface area contributed by atoms with E-state index in [1.54, 1.807) is 7.11 Å². The molecular formula is C23H28N4O2S. The average Bonchev–Trinajstić information content (AvgIpc) is 3.13. The van der Waals surface area contributed by atoms with E-state index in [2.05, 4.69) is 35.4 Å². The Kier molecular flexibility index (Phi) is 7.15. The molecule has 2 atom stereocenters. The van der Waals surface area contributed by atoms with E-state index in [1.165, 1.54) is 11.8 Å². The first-order chi connectivity index (χ1) is 14.4. The number of thioether (sulfide) groups is 1. The highest BCUT2D eigenvalue weighted by molar-refractivity contribution is 8.00. The molecule has 0 bridgehead atoms. The highest BCUT2D eigenvalue weighted by atomic mass is 32.2. The zero-order chi connectivity index (χ0) is 21.7. The van der Waals surface area contributed by atoms with Crippen molar-refractivity contribution in [2.24, 2.45) is 7.05 Å². The Balaban J connectivity index is 1.71. The summed E-state index contributed by atoms with van der Waals surface area (Å²) in [4.78, 5) is 12.8. The summed E-state index contributed by atoms with van der Waals surface area (Å²) >= 11 is 1.39. The predicted octanol–water partition coefficient (Wildman–Crippen LogP) is 5.12. The van der Waals surface area contributed by atoms with Gasteiger partial charge in [0.2, 0.25) is 5.91 Å². The van der Waals surface area contributed by atoms with Crippen LogP contribution in [0.1, 0.15) is 38.7 Å². The first-order valence-corrected chi connectivity index (χ1v) is 10.9. The first-order valence-electron chi connectivity index (χ1n) is 10.0. The lowest BCUT2D eigenvalue weighted by Gasteiger charge is -2.17. The van der Waals surface area contributed by atoms with Gasteiger partial charge < -0.3 is 14.6 Å². The molecule has 158 valence electrons. The van der Waals surface area contributed by atoms with Crippen LogP contribution in [0.3, 0.4) is 0 Å². The van der Waals surface area contributed by atoms with Crippen LogP contribution in [0, 0.1) is 0 Å². The topological polar surface area (TPSA) is 69.0 Å². The molecule has 0 aliphatic carbocycles. The molecule has 0 fully saturated rings. The number of nitrogens with one attached hydrogen (secondary N) is 1. The van der Waals surface area contributed by atoms with Crippen LogP contribution >= 0.6 is 11.8 Å². The number of carbonyl (C=O) groups excluding carboxylic acids is 1. The third kappa shape index (κ3) is 4.84. The van der Waals surface area contributed by atoms with Crippen molar-refractivity contribution >= 4 is 23.4 Å². The Morgan fingerprint density at radius 2 is 1.83 bits per heavy atom. The van der Waals surface area contributed by atoms with Gasteiger partial charge in [0.15, 0.2) is 11.0 Å². The van der Waals surface area contributed by atoms with Gasteiger partial charge in [0.25, 0.3) is 0 Å². The fourth-order valence-corrected chi connectivity index (χ4v) is 3.93. The molecule has 0 radical (unpaired) electrons.